The van der Waals surface area contributed by atoms with Gasteiger partial charge in [0.15, 0.2) is 25.2 Å². The van der Waals surface area contributed by atoms with E-state index in [1.807, 2.05) is 20.8 Å². The van der Waals surface area contributed by atoms with E-state index in [0.717, 1.165) is 37.7 Å². The highest BCUT2D eigenvalue weighted by Gasteiger charge is 2.74. The second-order valence-corrected chi connectivity index (χ2v) is 27.2. The minimum atomic E-state index is -1.81. The summed E-state index contributed by atoms with van der Waals surface area (Å²) in [6.45, 7) is 15.0. The molecule has 0 spiro atoms. The predicted octanol–water partition coefficient (Wildman–Crippen LogP) is -1.57. The van der Waals surface area contributed by atoms with Crippen LogP contribution in [0.5, 0.6) is 0 Å². The van der Waals surface area contributed by atoms with Crippen LogP contribution in [0.1, 0.15) is 120 Å². The summed E-state index contributed by atoms with van der Waals surface area (Å²) in [4.78, 5) is 0. The molecule has 0 aromatic rings. The molecule has 23 heteroatoms. The van der Waals surface area contributed by atoms with Gasteiger partial charge in [-0.1, -0.05) is 46.3 Å². The van der Waals surface area contributed by atoms with Gasteiger partial charge in [0, 0.05) is 0 Å². The highest BCUT2D eigenvalue weighted by atomic mass is 16.8. The Kier molecular flexibility index (Phi) is 18.9. The maximum Gasteiger partial charge on any atom is 0.187 e. The second kappa shape index (κ2) is 23.8. The largest absolute Gasteiger partial charge is 0.394 e. The van der Waals surface area contributed by atoms with E-state index in [2.05, 4.69) is 40.7 Å². The zero-order valence-corrected chi connectivity index (χ0v) is 47.6. The molecule has 32 atom stereocenters. The lowest BCUT2D eigenvalue weighted by molar-refractivity contribution is -0.378. The third kappa shape index (κ3) is 10.6. The van der Waals surface area contributed by atoms with Gasteiger partial charge < -0.3 is 114 Å². The van der Waals surface area contributed by atoms with Gasteiger partial charge >= 0.3 is 0 Å². The number of fused-ring (bicyclic) bond motifs is 7. The van der Waals surface area contributed by atoms with Crippen molar-refractivity contribution < 1.29 is 114 Å². The molecule has 15 N–H and O–H groups in total. The standard InChI is InChI=1S/C57H96O23/c1-24(2)10-9-15-56(7,80-51-47(72)43(68)40(65)33(77-51)23-73-49-45(70)41(66)37(62)30(20-58)74-49)26-11-12-27-25(26)18-28-29(61)19-35-54(5)16-14-36(53(3,4)34(54)13-17-55(35,6)57(27,28)8)78-52-48(44(69)39(64)32(22-60)76-52)79-50-46(71)42(67)38(63)31(21-59)75-50/h10,25-52,58-72H,9,11-23H2,1-8H3. The van der Waals surface area contributed by atoms with Gasteiger partial charge in [0.25, 0.3) is 0 Å². The summed E-state index contributed by atoms with van der Waals surface area (Å²) in [6.07, 6.45) is -23.2. The van der Waals surface area contributed by atoms with Crippen LogP contribution in [0, 0.1) is 57.2 Å². The molecule has 0 aromatic carbocycles. The average Bonchev–Trinajstić information content (AvgIpc) is 3.71. The lowest BCUT2D eigenvalue weighted by atomic mass is 9.34. The molecule has 5 saturated carbocycles. The van der Waals surface area contributed by atoms with Gasteiger partial charge in [-0.3, -0.25) is 0 Å². The van der Waals surface area contributed by atoms with E-state index in [0.29, 0.717) is 32.1 Å². The molecule has 0 amide bonds. The summed E-state index contributed by atoms with van der Waals surface area (Å²) in [6, 6.07) is 0. The quantitative estimate of drug-likeness (QED) is 0.0613. The van der Waals surface area contributed by atoms with Crippen LogP contribution in [-0.4, -0.2) is 244 Å². The molecule has 0 aromatic heterocycles. The average molecular weight is 1150 g/mol. The van der Waals surface area contributed by atoms with Crippen LogP contribution >= 0.6 is 0 Å². The normalized spacial score (nSPS) is 53.7. The van der Waals surface area contributed by atoms with Crippen LogP contribution in [0.15, 0.2) is 11.6 Å². The molecule has 462 valence electrons. The van der Waals surface area contributed by atoms with Crippen LogP contribution in [0.3, 0.4) is 0 Å². The Bertz CT molecular complexity index is 2120. The summed E-state index contributed by atoms with van der Waals surface area (Å²) in [5.74, 6) is 0.350. The smallest absolute Gasteiger partial charge is 0.187 e. The van der Waals surface area contributed by atoms with Crippen LogP contribution in [-0.2, 0) is 37.9 Å². The molecule has 4 saturated heterocycles. The van der Waals surface area contributed by atoms with Crippen LogP contribution in [0.25, 0.3) is 0 Å². The van der Waals surface area contributed by atoms with Gasteiger partial charge in [-0.25, -0.2) is 0 Å². The van der Waals surface area contributed by atoms with Crippen LogP contribution < -0.4 is 0 Å². The number of aliphatic hydroxyl groups is 15. The lowest BCUT2D eigenvalue weighted by Crippen LogP contribution is -2.68. The second-order valence-electron chi connectivity index (χ2n) is 27.2. The SMILES string of the molecule is CC(C)=CCCC(C)(OC1OC(COC2OC(CO)C(O)C(O)C2O)C(O)C(O)C1O)C1CCC2C1CC1C(O)CC3C4(C)CCC(OC5OC(CO)C(O)C(O)C5OC5OC(CO)C(O)C(O)C5O)C(C)(C)C4CCC3(C)C12C. The summed E-state index contributed by atoms with van der Waals surface area (Å²) < 4.78 is 49.2. The van der Waals surface area contributed by atoms with Crippen molar-refractivity contribution >= 4 is 0 Å². The molecule has 23 nitrogen and oxygen atoms in total. The van der Waals surface area contributed by atoms with Crippen molar-refractivity contribution in [3.8, 4) is 0 Å². The molecule has 4 heterocycles. The van der Waals surface area contributed by atoms with E-state index >= 15 is 0 Å². The third-order valence-corrected chi connectivity index (χ3v) is 22.6. The number of ether oxygens (including phenoxy) is 8. The molecular weight excluding hydrogens is 1050 g/mol. The molecule has 32 unspecified atom stereocenters. The minimum Gasteiger partial charge on any atom is -0.394 e. The van der Waals surface area contributed by atoms with E-state index in [4.69, 9.17) is 37.9 Å². The van der Waals surface area contributed by atoms with Gasteiger partial charge in [0.1, 0.15) is 97.7 Å². The van der Waals surface area contributed by atoms with Crippen molar-refractivity contribution in [1.82, 2.24) is 0 Å². The first-order valence-corrected chi connectivity index (χ1v) is 29.4. The minimum absolute atomic E-state index is 0.0285. The van der Waals surface area contributed by atoms with Gasteiger partial charge in [-0.05, 0) is 142 Å². The maximum absolute atomic E-state index is 12.7. The molecule has 9 rings (SSSR count). The van der Waals surface area contributed by atoms with E-state index in [9.17, 15) is 76.6 Å². The van der Waals surface area contributed by atoms with Crippen molar-refractivity contribution in [1.29, 1.82) is 0 Å². The van der Waals surface area contributed by atoms with Crippen molar-refractivity contribution in [3.63, 3.8) is 0 Å². The lowest BCUT2D eigenvalue weighted by Gasteiger charge is -2.71. The third-order valence-electron chi connectivity index (χ3n) is 22.6. The van der Waals surface area contributed by atoms with Crippen molar-refractivity contribution in [2.75, 3.05) is 26.4 Å². The molecule has 5 aliphatic carbocycles. The van der Waals surface area contributed by atoms with Crippen molar-refractivity contribution in [3.05, 3.63) is 11.6 Å². The Morgan fingerprint density at radius 1 is 0.550 bits per heavy atom. The molecule has 4 aliphatic heterocycles. The van der Waals surface area contributed by atoms with Crippen molar-refractivity contribution in [2.24, 2.45) is 57.2 Å². The highest BCUT2D eigenvalue weighted by molar-refractivity contribution is 5.23. The molecule has 9 fully saturated rings. The first-order valence-electron chi connectivity index (χ1n) is 29.4. The maximum atomic E-state index is 12.7. The Morgan fingerprint density at radius 2 is 1.09 bits per heavy atom. The highest BCUT2D eigenvalue weighted by Crippen LogP contribution is 2.79. The summed E-state index contributed by atoms with van der Waals surface area (Å²) >= 11 is 0. The first kappa shape index (κ1) is 63.3. The van der Waals surface area contributed by atoms with Gasteiger partial charge in [0.05, 0.1) is 44.2 Å². The number of aliphatic hydroxyl groups excluding tert-OH is 15. The Labute approximate surface area is 468 Å². The molecule has 9 aliphatic rings. The Morgan fingerprint density at radius 3 is 1.69 bits per heavy atom. The fraction of sp³-hybridized carbons (Fsp3) is 0.965. The monoisotopic (exact) mass is 1150 g/mol. The number of rotatable bonds is 16. The number of hydrogen-bond donors (Lipinski definition) is 15. The van der Waals surface area contributed by atoms with Gasteiger partial charge in [-0.15, -0.1) is 0 Å². The first-order chi connectivity index (χ1) is 37.5. The van der Waals surface area contributed by atoms with E-state index in [-0.39, 0.29) is 51.8 Å². The van der Waals surface area contributed by atoms with Crippen molar-refractivity contribution in [2.45, 2.75) is 260 Å². The van der Waals surface area contributed by atoms with Gasteiger partial charge in [0.2, 0.25) is 0 Å². The number of hydrogen-bond acceptors (Lipinski definition) is 23. The molecule has 0 bridgehead atoms. The fourth-order valence-electron chi connectivity index (χ4n) is 18.1. The summed E-state index contributed by atoms with van der Waals surface area (Å²) in [7, 11) is 0. The Balaban J connectivity index is 0.933. The summed E-state index contributed by atoms with van der Waals surface area (Å²) in [5.41, 5.74) is -1.20. The van der Waals surface area contributed by atoms with E-state index in [1.165, 1.54) is 0 Å². The van der Waals surface area contributed by atoms with E-state index in [1.54, 1.807) is 0 Å². The van der Waals surface area contributed by atoms with Crippen LogP contribution in [0.4, 0.5) is 0 Å². The number of allylic oxidation sites excluding steroid dienone is 2. The van der Waals surface area contributed by atoms with Crippen LogP contribution in [0.2, 0.25) is 0 Å². The molecular formula is C57H96O23. The topological polar surface area (TPSA) is 377 Å². The molecule has 80 heavy (non-hydrogen) atoms. The zero-order chi connectivity index (χ0) is 58.5. The molecule has 0 radical (unpaired) electrons. The summed E-state index contributed by atoms with van der Waals surface area (Å²) in [5, 5.41) is 162. The fourth-order valence-corrected chi connectivity index (χ4v) is 18.1. The Hall–Kier alpha value is -1.18. The van der Waals surface area contributed by atoms with E-state index < -0.39 is 172 Å². The van der Waals surface area contributed by atoms with Gasteiger partial charge in [-0.2, -0.15) is 0 Å². The predicted molar refractivity (Wildman–Crippen MR) is 278 cm³/mol. The zero-order valence-electron chi connectivity index (χ0n) is 47.6.